The Balaban J connectivity index is 2.29. The van der Waals surface area contributed by atoms with E-state index in [2.05, 4.69) is 0 Å². The molecule has 0 spiro atoms. The fourth-order valence-corrected chi connectivity index (χ4v) is 2.96. The number of nitrogens with zero attached hydrogens (tertiary/aromatic N) is 1. The minimum Gasteiger partial charge on any atom is -0.755 e. The summed E-state index contributed by atoms with van der Waals surface area (Å²) in [4.78, 5) is 11.2. The third-order valence-electron chi connectivity index (χ3n) is 3.23. The van der Waals surface area contributed by atoms with Crippen molar-refractivity contribution in [1.82, 2.24) is 3.97 Å². The van der Waals surface area contributed by atoms with Crippen LogP contribution in [-0.4, -0.2) is 23.6 Å². The summed E-state index contributed by atoms with van der Waals surface area (Å²) in [5, 5.41) is 11.3. The Kier molecular flexibility index (Phi) is 2.93. The molecule has 102 valence electrons. The second-order valence-corrected chi connectivity index (χ2v) is 5.29. The predicted molar refractivity (Wildman–Crippen MR) is 73.4 cm³/mol. The van der Waals surface area contributed by atoms with Gasteiger partial charge in [-0.05, 0) is 36.4 Å². The highest BCUT2D eigenvalue weighted by Gasteiger charge is 2.30. The van der Waals surface area contributed by atoms with Crippen LogP contribution in [-0.2, 0) is 21.7 Å². The molecule has 1 atom stereocenters. The number of allylic oxidation sites excluding steroid dienone is 2. The molecule has 0 radical (unpaired) electrons. The van der Waals surface area contributed by atoms with E-state index in [9.17, 15) is 18.7 Å². The summed E-state index contributed by atoms with van der Waals surface area (Å²) in [7, 11) is 0. The molecular formula is C14H10NO4S-. The maximum absolute atomic E-state index is 11.5. The number of carbonyl (C=O) groups is 1. The van der Waals surface area contributed by atoms with Crippen LogP contribution in [0.1, 0.15) is 5.69 Å². The summed E-state index contributed by atoms with van der Waals surface area (Å²) in [6, 6.07) is 8.50. The number of aromatic nitrogens is 1. The lowest BCUT2D eigenvalue weighted by Crippen LogP contribution is -2.27. The van der Waals surface area contributed by atoms with E-state index >= 15 is 0 Å². The molecule has 2 aromatic rings. The minimum absolute atomic E-state index is 0.173. The Labute approximate surface area is 117 Å². The van der Waals surface area contributed by atoms with Crippen molar-refractivity contribution in [3.8, 4) is 0 Å². The van der Waals surface area contributed by atoms with Gasteiger partial charge in [0, 0.05) is 5.39 Å². The summed E-state index contributed by atoms with van der Waals surface area (Å²) < 4.78 is 24.0. The molecule has 1 N–H and O–H groups in total. The number of hydrogen-bond donors (Lipinski definition) is 1. The molecule has 0 bridgehead atoms. The highest BCUT2D eigenvalue weighted by Crippen LogP contribution is 2.32. The summed E-state index contributed by atoms with van der Waals surface area (Å²) in [5.74, 6) is -0.249. The van der Waals surface area contributed by atoms with Gasteiger partial charge < -0.3 is 9.66 Å². The molecular weight excluding hydrogens is 278 g/mol. The Bertz CT molecular complexity index is 772. The zero-order valence-electron chi connectivity index (χ0n) is 10.2. The number of carbonyl (C=O) groups excluding carboxylic acids is 1. The maximum atomic E-state index is 11.5. The SMILES string of the molecule is O=C1C=CC(O)(c2cc3ccccc3n2S(=O)[O-])C=C1. The van der Waals surface area contributed by atoms with E-state index in [0.29, 0.717) is 10.9 Å². The number of hydrogen-bond acceptors (Lipinski definition) is 4. The molecule has 0 saturated heterocycles. The average Bonchev–Trinajstić information content (AvgIpc) is 2.82. The van der Waals surface area contributed by atoms with Gasteiger partial charge in [-0.2, -0.15) is 0 Å². The fourth-order valence-electron chi connectivity index (χ4n) is 2.27. The quantitative estimate of drug-likeness (QED) is 0.841. The lowest BCUT2D eigenvalue weighted by atomic mass is 9.94. The molecule has 0 amide bonds. The van der Waals surface area contributed by atoms with Crippen molar-refractivity contribution in [3.05, 3.63) is 60.3 Å². The van der Waals surface area contributed by atoms with E-state index in [4.69, 9.17) is 0 Å². The summed E-state index contributed by atoms with van der Waals surface area (Å²) in [6.07, 6.45) is 5.01. The second kappa shape index (κ2) is 4.52. The molecule has 0 aliphatic heterocycles. The highest BCUT2D eigenvalue weighted by molar-refractivity contribution is 7.77. The topological polar surface area (TPSA) is 82.4 Å². The van der Waals surface area contributed by atoms with Crippen LogP contribution in [0, 0.1) is 0 Å². The van der Waals surface area contributed by atoms with Crippen LogP contribution < -0.4 is 0 Å². The van der Waals surface area contributed by atoms with Crippen LogP contribution in [0.15, 0.2) is 54.6 Å². The van der Waals surface area contributed by atoms with E-state index in [1.54, 1.807) is 30.3 Å². The van der Waals surface area contributed by atoms with Gasteiger partial charge in [-0.1, -0.05) is 18.2 Å². The number of rotatable bonds is 2. The van der Waals surface area contributed by atoms with Crippen molar-refractivity contribution in [2.45, 2.75) is 5.60 Å². The van der Waals surface area contributed by atoms with Gasteiger partial charge in [0.25, 0.3) is 0 Å². The molecule has 20 heavy (non-hydrogen) atoms. The minimum atomic E-state index is -2.57. The van der Waals surface area contributed by atoms with Gasteiger partial charge in [-0.25, -0.2) is 0 Å². The Morgan fingerprint density at radius 1 is 1.20 bits per heavy atom. The first-order valence-corrected chi connectivity index (χ1v) is 6.90. The number of benzene rings is 1. The van der Waals surface area contributed by atoms with Crippen LogP contribution in [0.3, 0.4) is 0 Å². The number of para-hydroxylation sites is 1. The van der Waals surface area contributed by atoms with Gasteiger partial charge in [-0.15, -0.1) is 0 Å². The van der Waals surface area contributed by atoms with Gasteiger partial charge in [0.05, 0.1) is 22.5 Å². The number of aliphatic hydroxyl groups is 1. The number of ketones is 1. The normalized spacial score (nSPS) is 18.6. The Morgan fingerprint density at radius 3 is 2.50 bits per heavy atom. The van der Waals surface area contributed by atoms with E-state index in [0.717, 1.165) is 3.97 Å². The Morgan fingerprint density at radius 2 is 1.85 bits per heavy atom. The molecule has 3 rings (SSSR count). The van der Waals surface area contributed by atoms with E-state index in [-0.39, 0.29) is 11.5 Å². The zero-order valence-corrected chi connectivity index (χ0v) is 11.0. The Hall–Kier alpha value is -2.02. The molecule has 5 nitrogen and oxygen atoms in total. The molecule has 1 heterocycles. The van der Waals surface area contributed by atoms with Crippen LogP contribution >= 0.6 is 0 Å². The predicted octanol–water partition coefficient (Wildman–Crippen LogP) is 1.17. The number of fused-ring (bicyclic) bond motifs is 1. The molecule has 0 saturated carbocycles. The van der Waals surface area contributed by atoms with Gasteiger partial charge in [0.2, 0.25) is 0 Å². The smallest absolute Gasteiger partial charge is 0.178 e. The third-order valence-corrected chi connectivity index (χ3v) is 3.92. The van der Waals surface area contributed by atoms with Gasteiger partial charge >= 0.3 is 0 Å². The highest BCUT2D eigenvalue weighted by atomic mass is 32.2. The molecule has 6 heteroatoms. The van der Waals surface area contributed by atoms with Crippen molar-refractivity contribution in [1.29, 1.82) is 0 Å². The zero-order chi connectivity index (χ0) is 14.3. The first kappa shape index (κ1) is 13.0. The first-order chi connectivity index (χ1) is 9.51. The van der Waals surface area contributed by atoms with Crippen molar-refractivity contribution < 1.29 is 18.7 Å². The molecule has 1 aliphatic carbocycles. The van der Waals surface area contributed by atoms with Gasteiger partial charge in [0.15, 0.2) is 5.78 Å². The summed E-state index contributed by atoms with van der Waals surface area (Å²) in [6.45, 7) is 0. The van der Waals surface area contributed by atoms with E-state index < -0.39 is 16.9 Å². The van der Waals surface area contributed by atoms with Crippen molar-refractivity contribution in [2.24, 2.45) is 0 Å². The lowest BCUT2D eigenvalue weighted by molar-refractivity contribution is -0.110. The van der Waals surface area contributed by atoms with Crippen LogP contribution in [0.2, 0.25) is 0 Å². The van der Waals surface area contributed by atoms with Crippen molar-refractivity contribution >= 4 is 28.0 Å². The lowest BCUT2D eigenvalue weighted by Gasteiger charge is -2.25. The molecule has 1 aromatic carbocycles. The molecule has 1 aromatic heterocycles. The van der Waals surface area contributed by atoms with Crippen molar-refractivity contribution in [2.75, 3.05) is 0 Å². The van der Waals surface area contributed by atoms with Gasteiger partial charge in [-0.3, -0.25) is 13.0 Å². The monoisotopic (exact) mass is 288 g/mol. The third kappa shape index (κ3) is 1.94. The van der Waals surface area contributed by atoms with Crippen LogP contribution in [0.25, 0.3) is 10.9 Å². The molecule has 1 aliphatic rings. The molecule has 0 fully saturated rings. The van der Waals surface area contributed by atoms with E-state index in [1.165, 1.54) is 24.3 Å². The van der Waals surface area contributed by atoms with Crippen LogP contribution in [0.4, 0.5) is 0 Å². The van der Waals surface area contributed by atoms with Crippen molar-refractivity contribution in [3.63, 3.8) is 0 Å². The van der Waals surface area contributed by atoms with E-state index in [1.807, 2.05) is 0 Å². The second-order valence-electron chi connectivity index (χ2n) is 4.49. The molecule has 1 unspecified atom stereocenters. The maximum Gasteiger partial charge on any atom is 0.178 e. The summed E-state index contributed by atoms with van der Waals surface area (Å²) in [5.41, 5.74) is -0.970. The first-order valence-electron chi connectivity index (χ1n) is 5.87. The standard InChI is InChI=1S/C14H11NO4S/c16-11-5-7-14(17,8-6-11)13-9-10-3-1-2-4-12(10)15(13)20(18)19/h1-9,17H,(H,18,19)/p-1. The van der Waals surface area contributed by atoms with Crippen LogP contribution in [0.5, 0.6) is 0 Å². The fraction of sp³-hybridized carbons (Fsp3) is 0.0714. The largest absolute Gasteiger partial charge is 0.755 e. The van der Waals surface area contributed by atoms with Gasteiger partial charge in [0.1, 0.15) is 5.60 Å². The average molecular weight is 288 g/mol. The summed E-state index contributed by atoms with van der Waals surface area (Å²) >= 11 is -2.57.